The average Bonchev–Trinajstić information content (AvgIpc) is 2.82. The number of furan rings is 1. The summed E-state index contributed by atoms with van der Waals surface area (Å²) in [7, 11) is 1.50. The smallest absolute Gasteiger partial charge is 0.329 e. The Morgan fingerprint density at radius 2 is 2.35 bits per heavy atom. The first kappa shape index (κ1) is 12.9. The molecule has 1 heterocycles. The fourth-order valence-corrected chi connectivity index (χ4v) is 0.917. The maximum atomic E-state index is 11.2. The lowest BCUT2D eigenvalue weighted by molar-refractivity contribution is -0.139. The van der Waals surface area contributed by atoms with Gasteiger partial charge in [-0.3, -0.25) is 9.59 Å². The minimum Gasteiger partial charge on any atom is -0.463 e. The predicted octanol–water partition coefficient (Wildman–Crippen LogP) is -0.508. The number of nitrogens with zero attached hydrogens (tertiary/aromatic N) is 1. The van der Waals surface area contributed by atoms with E-state index >= 15 is 0 Å². The number of amides is 2. The van der Waals surface area contributed by atoms with E-state index in [-0.39, 0.29) is 6.54 Å². The largest absolute Gasteiger partial charge is 0.463 e. The topological polar surface area (TPSA) is 92.9 Å². The van der Waals surface area contributed by atoms with Crippen LogP contribution in [0.25, 0.3) is 0 Å². The summed E-state index contributed by atoms with van der Waals surface area (Å²) in [5.74, 6) is -1.13. The van der Waals surface area contributed by atoms with Gasteiger partial charge in [0.05, 0.1) is 19.1 Å². The molecule has 1 aromatic rings. The van der Waals surface area contributed by atoms with E-state index in [2.05, 4.69) is 15.8 Å². The summed E-state index contributed by atoms with van der Waals surface area (Å²) in [6.07, 6.45) is 2.76. The zero-order chi connectivity index (χ0) is 12.5. The van der Waals surface area contributed by atoms with Gasteiger partial charge in [0.25, 0.3) is 0 Å². The van der Waals surface area contributed by atoms with Crippen LogP contribution in [0.15, 0.2) is 27.9 Å². The Morgan fingerprint density at radius 3 is 3.00 bits per heavy atom. The number of ether oxygens (including phenoxy) is 1. The molecule has 17 heavy (non-hydrogen) atoms. The van der Waals surface area contributed by atoms with Gasteiger partial charge in [0.2, 0.25) is 0 Å². The van der Waals surface area contributed by atoms with Gasteiger partial charge in [0.1, 0.15) is 5.76 Å². The van der Waals surface area contributed by atoms with Crippen molar-refractivity contribution in [3.8, 4) is 0 Å². The summed E-state index contributed by atoms with van der Waals surface area (Å²) in [5.41, 5.74) is 2.07. The number of rotatable bonds is 5. The molecule has 0 fully saturated rings. The van der Waals surface area contributed by atoms with E-state index < -0.39 is 11.8 Å². The maximum Gasteiger partial charge on any atom is 0.329 e. The Hall–Kier alpha value is -2.15. The van der Waals surface area contributed by atoms with E-state index in [4.69, 9.17) is 9.15 Å². The molecular weight excluding hydrogens is 226 g/mol. The highest BCUT2D eigenvalue weighted by molar-refractivity contribution is 6.35. The van der Waals surface area contributed by atoms with Crippen molar-refractivity contribution in [3.05, 3.63) is 24.2 Å². The zero-order valence-electron chi connectivity index (χ0n) is 9.30. The van der Waals surface area contributed by atoms with Gasteiger partial charge >= 0.3 is 11.8 Å². The van der Waals surface area contributed by atoms with Crippen molar-refractivity contribution in [1.29, 1.82) is 0 Å². The highest BCUT2D eigenvalue weighted by Gasteiger charge is 2.10. The van der Waals surface area contributed by atoms with Crippen LogP contribution in [0.1, 0.15) is 5.76 Å². The first-order chi connectivity index (χ1) is 8.24. The number of carbonyl (C=O) groups excluding carboxylic acids is 2. The molecule has 7 heteroatoms. The Bertz CT molecular complexity index is 386. The van der Waals surface area contributed by atoms with E-state index in [0.717, 1.165) is 0 Å². The van der Waals surface area contributed by atoms with E-state index in [1.54, 1.807) is 12.1 Å². The molecular formula is C10H13N3O4. The van der Waals surface area contributed by atoms with Crippen molar-refractivity contribution in [2.75, 3.05) is 20.3 Å². The highest BCUT2D eigenvalue weighted by atomic mass is 16.5. The van der Waals surface area contributed by atoms with Crippen LogP contribution in [0.3, 0.4) is 0 Å². The lowest BCUT2D eigenvalue weighted by Gasteiger charge is -2.01. The Morgan fingerprint density at radius 1 is 1.53 bits per heavy atom. The molecule has 1 aromatic heterocycles. The molecule has 7 nitrogen and oxygen atoms in total. The first-order valence-electron chi connectivity index (χ1n) is 4.87. The number of hydrazone groups is 1. The van der Waals surface area contributed by atoms with Gasteiger partial charge in [-0.2, -0.15) is 5.10 Å². The third kappa shape index (κ3) is 4.94. The highest BCUT2D eigenvalue weighted by Crippen LogP contribution is 1.94. The lowest BCUT2D eigenvalue weighted by Crippen LogP contribution is -2.39. The van der Waals surface area contributed by atoms with Gasteiger partial charge in [-0.1, -0.05) is 0 Å². The van der Waals surface area contributed by atoms with E-state index in [1.807, 2.05) is 0 Å². The number of hydrogen-bond acceptors (Lipinski definition) is 5. The second-order valence-corrected chi connectivity index (χ2v) is 2.96. The molecule has 0 aliphatic heterocycles. The Kier molecular flexibility index (Phi) is 5.45. The van der Waals surface area contributed by atoms with Crippen molar-refractivity contribution in [1.82, 2.24) is 10.7 Å². The summed E-state index contributed by atoms with van der Waals surface area (Å²) >= 11 is 0. The molecule has 0 aliphatic rings. The molecule has 0 bridgehead atoms. The van der Waals surface area contributed by atoms with Crippen LogP contribution in [0.2, 0.25) is 0 Å². The molecule has 0 saturated carbocycles. The molecule has 0 unspecified atom stereocenters. The molecule has 2 N–H and O–H groups in total. The first-order valence-corrected chi connectivity index (χ1v) is 4.87. The van der Waals surface area contributed by atoms with Gasteiger partial charge in [-0.15, -0.1) is 0 Å². The van der Waals surface area contributed by atoms with Crippen LogP contribution in [0, 0.1) is 0 Å². The number of methoxy groups -OCH3 is 1. The van der Waals surface area contributed by atoms with Crippen molar-refractivity contribution >= 4 is 18.0 Å². The van der Waals surface area contributed by atoms with Crippen LogP contribution in [-0.2, 0) is 14.3 Å². The van der Waals surface area contributed by atoms with Gasteiger partial charge in [0.15, 0.2) is 0 Å². The van der Waals surface area contributed by atoms with E-state index in [9.17, 15) is 9.59 Å². The quantitative estimate of drug-likeness (QED) is 0.313. The van der Waals surface area contributed by atoms with Crippen LogP contribution < -0.4 is 10.7 Å². The van der Waals surface area contributed by atoms with Gasteiger partial charge in [0, 0.05) is 13.7 Å². The number of nitrogens with one attached hydrogen (secondary N) is 2. The third-order valence-corrected chi connectivity index (χ3v) is 1.70. The molecule has 0 atom stereocenters. The summed E-state index contributed by atoms with van der Waals surface area (Å²) < 4.78 is 9.65. The van der Waals surface area contributed by atoms with Crippen molar-refractivity contribution in [2.45, 2.75) is 0 Å². The monoisotopic (exact) mass is 239 g/mol. The van der Waals surface area contributed by atoms with Crippen LogP contribution >= 0.6 is 0 Å². The molecule has 2 amide bonds. The molecule has 0 radical (unpaired) electrons. The van der Waals surface area contributed by atoms with E-state index in [1.165, 1.54) is 19.6 Å². The predicted molar refractivity (Wildman–Crippen MR) is 59.3 cm³/mol. The normalized spacial score (nSPS) is 10.4. The zero-order valence-corrected chi connectivity index (χ0v) is 9.30. The fourth-order valence-electron chi connectivity index (χ4n) is 0.917. The molecule has 1 rings (SSSR count). The van der Waals surface area contributed by atoms with E-state index in [0.29, 0.717) is 12.4 Å². The SMILES string of the molecule is COCCNC(=O)C(=O)N/N=C\c1ccco1. The third-order valence-electron chi connectivity index (χ3n) is 1.70. The minimum atomic E-state index is -0.844. The molecule has 0 spiro atoms. The summed E-state index contributed by atoms with van der Waals surface area (Å²) in [6.45, 7) is 0.610. The van der Waals surface area contributed by atoms with Crippen molar-refractivity contribution in [3.63, 3.8) is 0 Å². The lowest BCUT2D eigenvalue weighted by atomic mass is 10.5. The van der Waals surface area contributed by atoms with Crippen molar-refractivity contribution < 1.29 is 18.7 Å². The van der Waals surface area contributed by atoms with Crippen LogP contribution in [0.4, 0.5) is 0 Å². The van der Waals surface area contributed by atoms with Crippen molar-refractivity contribution in [2.24, 2.45) is 5.10 Å². The van der Waals surface area contributed by atoms with Gasteiger partial charge in [-0.05, 0) is 12.1 Å². The van der Waals surface area contributed by atoms with Crippen LogP contribution in [-0.4, -0.2) is 38.3 Å². The number of carbonyl (C=O) groups is 2. The Labute approximate surface area is 97.8 Å². The minimum absolute atomic E-state index is 0.269. The summed E-state index contributed by atoms with van der Waals surface area (Å²) in [5, 5.41) is 5.91. The fraction of sp³-hybridized carbons (Fsp3) is 0.300. The molecule has 92 valence electrons. The van der Waals surface area contributed by atoms with Gasteiger partial charge < -0.3 is 14.5 Å². The second kappa shape index (κ2) is 7.18. The van der Waals surface area contributed by atoms with Crippen LogP contribution in [0.5, 0.6) is 0 Å². The van der Waals surface area contributed by atoms with Gasteiger partial charge in [-0.25, -0.2) is 5.43 Å². The summed E-state index contributed by atoms with van der Waals surface area (Å²) in [4.78, 5) is 22.3. The molecule has 0 saturated heterocycles. The summed E-state index contributed by atoms with van der Waals surface area (Å²) in [6, 6.07) is 3.34. The molecule has 0 aliphatic carbocycles. The number of hydrogen-bond donors (Lipinski definition) is 2. The standard InChI is InChI=1S/C10H13N3O4/c1-16-6-4-11-9(14)10(15)13-12-7-8-3-2-5-17-8/h2-3,5,7H,4,6H2,1H3,(H,11,14)(H,13,15)/b12-7-. The maximum absolute atomic E-state index is 11.2. The Balaban J connectivity index is 2.27. The average molecular weight is 239 g/mol. The molecule has 0 aromatic carbocycles. The second-order valence-electron chi connectivity index (χ2n) is 2.96.